The SMILES string of the molecule is CCOC(=O)C(C)Oc1ccc(F)cc1C. The quantitative estimate of drug-likeness (QED) is 0.740. The summed E-state index contributed by atoms with van der Waals surface area (Å²) < 4.78 is 23.0. The first-order valence-corrected chi connectivity index (χ1v) is 5.14. The molecule has 1 aromatic rings. The lowest BCUT2D eigenvalue weighted by Gasteiger charge is -2.14. The van der Waals surface area contributed by atoms with Crippen LogP contribution in [0, 0.1) is 12.7 Å². The maximum atomic E-state index is 12.8. The topological polar surface area (TPSA) is 35.5 Å². The molecule has 0 bridgehead atoms. The minimum absolute atomic E-state index is 0.314. The fraction of sp³-hybridized carbons (Fsp3) is 0.417. The number of carbonyl (C=O) groups is 1. The van der Waals surface area contributed by atoms with Crippen molar-refractivity contribution < 1.29 is 18.7 Å². The average molecular weight is 226 g/mol. The lowest BCUT2D eigenvalue weighted by atomic mass is 10.2. The molecule has 0 heterocycles. The van der Waals surface area contributed by atoms with E-state index >= 15 is 0 Å². The van der Waals surface area contributed by atoms with Crippen molar-refractivity contribution in [3.8, 4) is 5.75 Å². The number of aryl methyl sites for hydroxylation is 1. The summed E-state index contributed by atoms with van der Waals surface area (Å²) in [5.74, 6) is -0.262. The molecule has 0 amide bonds. The molecule has 0 aromatic heterocycles. The van der Waals surface area contributed by atoms with E-state index in [2.05, 4.69) is 0 Å². The number of rotatable bonds is 4. The van der Waals surface area contributed by atoms with Gasteiger partial charge in [-0.15, -0.1) is 0 Å². The highest BCUT2D eigenvalue weighted by Crippen LogP contribution is 2.19. The van der Waals surface area contributed by atoms with Gasteiger partial charge < -0.3 is 9.47 Å². The van der Waals surface area contributed by atoms with Crippen molar-refractivity contribution in [3.05, 3.63) is 29.6 Å². The summed E-state index contributed by atoms with van der Waals surface area (Å²) in [6, 6.07) is 4.15. The molecule has 0 radical (unpaired) electrons. The lowest BCUT2D eigenvalue weighted by molar-refractivity contribution is -0.150. The van der Waals surface area contributed by atoms with Gasteiger partial charge in [-0.1, -0.05) is 0 Å². The van der Waals surface area contributed by atoms with Gasteiger partial charge in [-0.2, -0.15) is 0 Å². The minimum atomic E-state index is -0.691. The number of carbonyl (C=O) groups excluding carboxylic acids is 1. The summed E-state index contributed by atoms with van der Waals surface area (Å²) in [5, 5.41) is 0. The van der Waals surface area contributed by atoms with Crippen molar-refractivity contribution in [2.45, 2.75) is 26.9 Å². The number of ether oxygens (including phenoxy) is 2. The predicted octanol–water partition coefficient (Wildman–Crippen LogP) is 2.46. The van der Waals surface area contributed by atoms with Gasteiger partial charge in [0.05, 0.1) is 6.61 Å². The highest BCUT2D eigenvalue weighted by molar-refractivity contribution is 5.74. The van der Waals surface area contributed by atoms with Crippen LogP contribution in [0.1, 0.15) is 19.4 Å². The zero-order valence-corrected chi connectivity index (χ0v) is 9.62. The Bertz CT molecular complexity index is 377. The number of hydrogen-bond acceptors (Lipinski definition) is 3. The molecular formula is C12H15FO3. The molecule has 1 aromatic carbocycles. The Morgan fingerprint density at radius 1 is 1.50 bits per heavy atom. The van der Waals surface area contributed by atoms with Crippen LogP contribution in [0.25, 0.3) is 0 Å². The maximum Gasteiger partial charge on any atom is 0.347 e. The summed E-state index contributed by atoms with van der Waals surface area (Å²) in [7, 11) is 0. The van der Waals surface area contributed by atoms with Crippen molar-refractivity contribution in [2.24, 2.45) is 0 Å². The molecule has 0 aliphatic rings. The van der Waals surface area contributed by atoms with Crippen molar-refractivity contribution in [2.75, 3.05) is 6.61 Å². The van der Waals surface area contributed by atoms with Gasteiger partial charge in [0.1, 0.15) is 11.6 Å². The van der Waals surface area contributed by atoms with Crippen molar-refractivity contribution in [1.29, 1.82) is 0 Å². The molecule has 16 heavy (non-hydrogen) atoms. The van der Waals surface area contributed by atoms with Gasteiger partial charge in [0.25, 0.3) is 0 Å². The summed E-state index contributed by atoms with van der Waals surface area (Å²) in [6.45, 7) is 5.36. The van der Waals surface area contributed by atoms with Gasteiger partial charge in [0.15, 0.2) is 6.10 Å². The first kappa shape index (κ1) is 12.5. The third-order valence-electron chi connectivity index (χ3n) is 2.06. The van der Waals surface area contributed by atoms with Gasteiger partial charge >= 0.3 is 5.97 Å². The number of esters is 1. The van der Waals surface area contributed by atoms with E-state index in [1.54, 1.807) is 20.8 Å². The molecule has 0 fully saturated rings. The molecule has 1 atom stereocenters. The van der Waals surface area contributed by atoms with Crippen molar-refractivity contribution in [3.63, 3.8) is 0 Å². The fourth-order valence-electron chi connectivity index (χ4n) is 1.24. The van der Waals surface area contributed by atoms with Crippen LogP contribution in [0.2, 0.25) is 0 Å². The number of benzene rings is 1. The van der Waals surface area contributed by atoms with Gasteiger partial charge in [-0.05, 0) is 44.5 Å². The fourth-order valence-corrected chi connectivity index (χ4v) is 1.24. The molecule has 0 saturated carbocycles. The molecule has 4 heteroatoms. The molecule has 1 unspecified atom stereocenters. The molecule has 1 rings (SSSR count). The Morgan fingerprint density at radius 3 is 2.75 bits per heavy atom. The smallest absolute Gasteiger partial charge is 0.347 e. The van der Waals surface area contributed by atoms with Crippen LogP contribution in [0.3, 0.4) is 0 Å². The van der Waals surface area contributed by atoms with Crippen LogP contribution in [0.15, 0.2) is 18.2 Å². The van der Waals surface area contributed by atoms with E-state index in [9.17, 15) is 9.18 Å². The molecule has 0 aliphatic heterocycles. The third kappa shape index (κ3) is 3.22. The Balaban J connectivity index is 2.69. The third-order valence-corrected chi connectivity index (χ3v) is 2.06. The Kier molecular flexibility index (Phi) is 4.28. The average Bonchev–Trinajstić information content (AvgIpc) is 2.22. The van der Waals surface area contributed by atoms with E-state index in [1.807, 2.05) is 0 Å². The second-order valence-electron chi connectivity index (χ2n) is 3.42. The molecule has 88 valence electrons. The van der Waals surface area contributed by atoms with E-state index < -0.39 is 12.1 Å². The zero-order valence-electron chi connectivity index (χ0n) is 9.62. The highest BCUT2D eigenvalue weighted by atomic mass is 19.1. The standard InChI is InChI=1S/C12H15FO3/c1-4-15-12(14)9(3)16-11-6-5-10(13)7-8(11)2/h5-7,9H,4H2,1-3H3. The van der Waals surface area contributed by atoms with E-state index in [4.69, 9.17) is 9.47 Å². The van der Waals surface area contributed by atoms with Gasteiger partial charge in [-0.25, -0.2) is 9.18 Å². The van der Waals surface area contributed by atoms with Gasteiger partial charge in [0, 0.05) is 0 Å². The predicted molar refractivity (Wildman–Crippen MR) is 57.9 cm³/mol. The van der Waals surface area contributed by atoms with Crippen LogP contribution >= 0.6 is 0 Å². The van der Waals surface area contributed by atoms with Crippen LogP contribution in [-0.4, -0.2) is 18.7 Å². The zero-order chi connectivity index (χ0) is 12.1. The molecule has 0 spiro atoms. The highest BCUT2D eigenvalue weighted by Gasteiger charge is 2.16. The summed E-state index contributed by atoms with van der Waals surface area (Å²) in [5.41, 5.74) is 0.649. The molecule has 0 N–H and O–H groups in total. The second kappa shape index (κ2) is 5.49. The largest absolute Gasteiger partial charge is 0.479 e. The lowest BCUT2D eigenvalue weighted by Crippen LogP contribution is -2.26. The molecule has 0 saturated heterocycles. The summed E-state index contributed by atoms with van der Waals surface area (Å²) in [4.78, 5) is 11.3. The minimum Gasteiger partial charge on any atom is -0.479 e. The molecule has 0 aliphatic carbocycles. The van der Waals surface area contributed by atoms with Gasteiger partial charge in [-0.3, -0.25) is 0 Å². The van der Waals surface area contributed by atoms with Crippen LogP contribution in [-0.2, 0) is 9.53 Å². The molecule has 3 nitrogen and oxygen atoms in total. The first-order chi connectivity index (χ1) is 7.54. The van der Waals surface area contributed by atoms with Crippen molar-refractivity contribution >= 4 is 5.97 Å². The Labute approximate surface area is 94.2 Å². The Morgan fingerprint density at radius 2 is 2.19 bits per heavy atom. The second-order valence-corrected chi connectivity index (χ2v) is 3.42. The van der Waals surface area contributed by atoms with E-state index in [1.165, 1.54) is 18.2 Å². The van der Waals surface area contributed by atoms with E-state index in [0.29, 0.717) is 17.9 Å². The number of hydrogen-bond donors (Lipinski definition) is 0. The van der Waals surface area contributed by atoms with E-state index in [0.717, 1.165) is 0 Å². The van der Waals surface area contributed by atoms with Crippen LogP contribution in [0.4, 0.5) is 4.39 Å². The summed E-state index contributed by atoms with van der Waals surface area (Å²) in [6.07, 6.45) is -0.691. The Hall–Kier alpha value is -1.58. The van der Waals surface area contributed by atoms with Crippen LogP contribution < -0.4 is 4.74 Å². The maximum absolute atomic E-state index is 12.8. The van der Waals surface area contributed by atoms with E-state index in [-0.39, 0.29) is 5.82 Å². The van der Waals surface area contributed by atoms with Crippen LogP contribution in [0.5, 0.6) is 5.75 Å². The first-order valence-electron chi connectivity index (χ1n) is 5.14. The van der Waals surface area contributed by atoms with Gasteiger partial charge in [0.2, 0.25) is 0 Å². The monoisotopic (exact) mass is 226 g/mol. The normalized spacial score (nSPS) is 12.0. The summed E-state index contributed by atoms with van der Waals surface area (Å²) >= 11 is 0. The molecular weight excluding hydrogens is 211 g/mol. The number of halogens is 1. The van der Waals surface area contributed by atoms with Crippen molar-refractivity contribution in [1.82, 2.24) is 0 Å².